The standard InChI is InChI=1S/C34H32F6N8O/c1-15-8-21-20-5-4-18(43-20)13-48(21)31-25-23(15)19(11-41)24(28-26(34(38,39)40)16(2)9-22(42)44-28)27(35)29(25)45-32(46-31)49-14-33-6-3-7-47(33)12-17(10-33)30(36)37/h9,18,20-21,43H,1,3-8,10,12-14H2,2H3,(H2,42,44)/t18-,20+,21-,33+/m1/s1. The van der Waals surface area contributed by atoms with Crippen molar-refractivity contribution in [2.45, 2.75) is 75.3 Å². The first-order valence-electron chi connectivity index (χ1n) is 16.2. The summed E-state index contributed by atoms with van der Waals surface area (Å²) in [6, 6.07) is 2.70. The Morgan fingerprint density at radius 3 is 2.76 bits per heavy atom. The maximum atomic E-state index is 17.2. The number of nitrogens with two attached hydrogens (primary N) is 1. The van der Waals surface area contributed by atoms with E-state index in [2.05, 4.69) is 21.9 Å². The van der Waals surface area contributed by atoms with E-state index in [1.54, 1.807) is 0 Å². The predicted molar refractivity (Wildman–Crippen MR) is 169 cm³/mol. The van der Waals surface area contributed by atoms with Gasteiger partial charge in [-0.05, 0) is 69.2 Å². The largest absolute Gasteiger partial charge is 0.461 e. The highest BCUT2D eigenvalue weighted by Crippen LogP contribution is 2.50. The Hall–Kier alpha value is -4.42. The van der Waals surface area contributed by atoms with Crippen LogP contribution in [-0.2, 0) is 6.18 Å². The third-order valence-corrected chi connectivity index (χ3v) is 11.0. The van der Waals surface area contributed by atoms with Gasteiger partial charge < -0.3 is 20.7 Å². The highest BCUT2D eigenvalue weighted by molar-refractivity contribution is 6.06. The molecule has 4 saturated heterocycles. The number of fused-ring (bicyclic) bond motifs is 6. The summed E-state index contributed by atoms with van der Waals surface area (Å²) < 4.78 is 94.4. The molecule has 4 fully saturated rings. The van der Waals surface area contributed by atoms with Crippen LogP contribution < -0.4 is 20.7 Å². The van der Waals surface area contributed by atoms with E-state index in [0.29, 0.717) is 31.5 Å². The summed E-state index contributed by atoms with van der Waals surface area (Å²) in [5, 5.41) is 14.3. The Labute approximate surface area is 277 Å². The van der Waals surface area contributed by atoms with Gasteiger partial charge in [0.2, 0.25) is 0 Å². The Morgan fingerprint density at radius 1 is 1.22 bits per heavy atom. The van der Waals surface area contributed by atoms with Crippen molar-refractivity contribution in [3.05, 3.63) is 52.4 Å². The van der Waals surface area contributed by atoms with Crippen molar-refractivity contribution in [2.24, 2.45) is 0 Å². The van der Waals surface area contributed by atoms with E-state index >= 15 is 4.39 Å². The highest BCUT2D eigenvalue weighted by Gasteiger charge is 2.49. The molecule has 0 unspecified atom stereocenters. The molecule has 7 heterocycles. The molecule has 0 amide bonds. The molecule has 3 N–H and O–H groups in total. The zero-order valence-electron chi connectivity index (χ0n) is 26.5. The van der Waals surface area contributed by atoms with Crippen LogP contribution in [-0.4, -0.2) is 69.8 Å². The van der Waals surface area contributed by atoms with Crippen LogP contribution in [0.3, 0.4) is 0 Å². The summed E-state index contributed by atoms with van der Waals surface area (Å²) in [6.07, 6.45) is -3.09. The third kappa shape index (κ3) is 4.85. The van der Waals surface area contributed by atoms with Crippen LogP contribution in [0.25, 0.3) is 27.7 Å². The lowest BCUT2D eigenvalue weighted by atomic mass is 9.87. The molecular weight excluding hydrogens is 650 g/mol. The van der Waals surface area contributed by atoms with E-state index in [0.717, 1.165) is 25.3 Å². The van der Waals surface area contributed by atoms with Gasteiger partial charge in [-0.1, -0.05) is 6.58 Å². The molecule has 4 atom stereocenters. The minimum Gasteiger partial charge on any atom is -0.461 e. The quantitative estimate of drug-likeness (QED) is 0.315. The van der Waals surface area contributed by atoms with Crippen molar-refractivity contribution in [2.75, 3.05) is 36.9 Å². The number of nitrogen functional groups attached to an aromatic ring is 1. The van der Waals surface area contributed by atoms with Gasteiger partial charge in [-0.15, -0.1) is 0 Å². The van der Waals surface area contributed by atoms with Crippen molar-refractivity contribution in [3.63, 3.8) is 0 Å². The van der Waals surface area contributed by atoms with Crippen LogP contribution in [0.15, 0.2) is 24.3 Å². The summed E-state index contributed by atoms with van der Waals surface area (Å²) in [7, 11) is 0. The number of nitrogens with zero attached hydrogens (tertiary/aromatic N) is 6. The number of piperazine rings is 1. The average Bonchev–Trinajstić information content (AvgIpc) is 3.70. The monoisotopic (exact) mass is 682 g/mol. The molecule has 0 saturated carbocycles. The van der Waals surface area contributed by atoms with E-state index in [9.17, 15) is 27.2 Å². The number of rotatable bonds is 4. The topological polar surface area (TPSA) is 116 Å². The lowest BCUT2D eigenvalue weighted by Crippen LogP contribution is -2.58. The summed E-state index contributed by atoms with van der Waals surface area (Å²) in [5.41, 5.74) is 2.07. The number of nitrogens with one attached hydrogen (secondary N) is 1. The maximum absolute atomic E-state index is 17.2. The average molecular weight is 683 g/mol. The Balaban J connectivity index is 1.37. The summed E-state index contributed by atoms with van der Waals surface area (Å²) in [6.45, 7) is 6.64. The SMILES string of the molecule is C=C1C[C@@H]2[C@@H]3CC[C@H](CN2c2nc(OC[C@@]45CCCN4CC(=C(F)F)C5)nc4c(F)c(-c5nc(N)cc(C)c5C(F)(F)F)c(C#N)c1c24)N3. The Morgan fingerprint density at radius 2 is 2.02 bits per heavy atom. The fraction of sp³-hybridized carbons (Fsp3) is 0.471. The molecule has 2 bridgehead atoms. The molecule has 15 heteroatoms. The minimum atomic E-state index is -4.96. The van der Waals surface area contributed by atoms with Crippen LogP contribution in [0.2, 0.25) is 0 Å². The van der Waals surface area contributed by atoms with Gasteiger partial charge in [-0.25, -0.2) is 9.37 Å². The van der Waals surface area contributed by atoms with Gasteiger partial charge in [0, 0.05) is 42.4 Å². The maximum Gasteiger partial charge on any atom is 0.418 e. The van der Waals surface area contributed by atoms with Gasteiger partial charge >= 0.3 is 12.2 Å². The number of halogens is 6. The first-order chi connectivity index (χ1) is 23.3. The predicted octanol–water partition coefficient (Wildman–Crippen LogP) is 6.11. The molecule has 0 radical (unpaired) electrons. The van der Waals surface area contributed by atoms with E-state index in [1.165, 1.54) is 6.92 Å². The second-order valence-electron chi connectivity index (χ2n) is 13.8. The molecule has 5 aliphatic rings. The summed E-state index contributed by atoms with van der Waals surface area (Å²) >= 11 is 0. The molecule has 2 aromatic heterocycles. The van der Waals surface area contributed by atoms with E-state index in [4.69, 9.17) is 15.5 Å². The number of pyridine rings is 1. The van der Waals surface area contributed by atoms with Gasteiger partial charge in [0.15, 0.2) is 5.82 Å². The first kappa shape index (κ1) is 31.8. The molecule has 49 heavy (non-hydrogen) atoms. The smallest absolute Gasteiger partial charge is 0.418 e. The molecule has 256 valence electrons. The number of hydrogen-bond donors (Lipinski definition) is 2. The second kappa shape index (κ2) is 11.0. The van der Waals surface area contributed by atoms with Crippen molar-refractivity contribution in [3.8, 4) is 23.3 Å². The lowest BCUT2D eigenvalue weighted by Gasteiger charge is -2.41. The zero-order chi connectivity index (χ0) is 34.6. The number of aromatic nitrogens is 3. The van der Waals surface area contributed by atoms with Crippen LogP contribution in [0.5, 0.6) is 6.01 Å². The number of hydrogen-bond acceptors (Lipinski definition) is 9. The zero-order valence-corrected chi connectivity index (χ0v) is 26.5. The Kier molecular flexibility index (Phi) is 7.17. The van der Waals surface area contributed by atoms with E-state index in [1.807, 2.05) is 15.9 Å². The minimum absolute atomic E-state index is 0.0225. The molecular formula is C34H32F6N8O. The number of aryl methyl sites for hydroxylation is 1. The van der Waals surface area contributed by atoms with Crippen LogP contribution in [0.1, 0.15) is 60.8 Å². The summed E-state index contributed by atoms with van der Waals surface area (Å²) in [4.78, 5) is 17.2. The fourth-order valence-corrected chi connectivity index (χ4v) is 8.90. The van der Waals surface area contributed by atoms with Crippen LogP contribution in [0, 0.1) is 24.1 Å². The van der Waals surface area contributed by atoms with Gasteiger partial charge in [0.25, 0.3) is 6.08 Å². The van der Waals surface area contributed by atoms with E-state index < -0.39 is 40.4 Å². The molecule has 3 aromatic rings. The first-order valence-corrected chi connectivity index (χ1v) is 16.2. The van der Waals surface area contributed by atoms with Crippen LogP contribution in [0.4, 0.5) is 38.0 Å². The highest BCUT2D eigenvalue weighted by atomic mass is 19.4. The molecule has 9 nitrogen and oxygen atoms in total. The Bertz CT molecular complexity index is 2020. The van der Waals surface area contributed by atoms with Crippen LogP contribution >= 0.6 is 0 Å². The number of ether oxygens (including phenoxy) is 1. The van der Waals surface area contributed by atoms with Crippen molar-refractivity contribution in [1.29, 1.82) is 5.26 Å². The van der Waals surface area contributed by atoms with Crippen molar-refractivity contribution >= 4 is 28.1 Å². The molecule has 5 aliphatic heterocycles. The lowest BCUT2D eigenvalue weighted by molar-refractivity contribution is -0.137. The van der Waals surface area contributed by atoms with Gasteiger partial charge in [-0.2, -0.15) is 37.2 Å². The van der Waals surface area contributed by atoms with Crippen molar-refractivity contribution in [1.82, 2.24) is 25.2 Å². The normalized spacial score (nSPS) is 26.2. The van der Waals surface area contributed by atoms with Gasteiger partial charge in [-0.3, -0.25) is 4.90 Å². The molecule has 0 spiro atoms. The molecule has 1 aromatic carbocycles. The third-order valence-electron chi connectivity index (χ3n) is 11.0. The van der Waals surface area contributed by atoms with Gasteiger partial charge in [0.05, 0.1) is 33.3 Å². The van der Waals surface area contributed by atoms with Gasteiger partial charge in [0.1, 0.15) is 29.8 Å². The fourth-order valence-electron chi connectivity index (χ4n) is 8.90. The number of nitriles is 1. The second-order valence-corrected chi connectivity index (χ2v) is 13.8. The van der Waals surface area contributed by atoms with Crippen molar-refractivity contribution < 1.29 is 31.1 Å². The summed E-state index contributed by atoms with van der Waals surface area (Å²) in [5.74, 6) is -1.20. The molecule has 0 aliphatic carbocycles. The molecule has 8 rings (SSSR count). The van der Waals surface area contributed by atoms with E-state index in [-0.39, 0.29) is 88.5 Å². The number of benzene rings is 1. The number of alkyl halides is 3. The number of anilines is 2.